The van der Waals surface area contributed by atoms with Crippen molar-refractivity contribution in [3.8, 4) is 11.1 Å². The summed E-state index contributed by atoms with van der Waals surface area (Å²) in [6, 6.07) is 16.4. The number of rotatable bonds is 5. The van der Waals surface area contributed by atoms with Gasteiger partial charge in [0, 0.05) is 5.92 Å². The third-order valence-electron chi connectivity index (χ3n) is 4.65. The van der Waals surface area contributed by atoms with Gasteiger partial charge >= 0.3 is 5.97 Å². The highest BCUT2D eigenvalue weighted by molar-refractivity contribution is 5.79. The molecule has 6 N–H and O–H groups in total. The van der Waals surface area contributed by atoms with Crippen molar-refractivity contribution < 1.29 is 9.53 Å². The van der Waals surface area contributed by atoms with Crippen molar-refractivity contribution in [1.82, 2.24) is 0 Å². The molecule has 0 heterocycles. The van der Waals surface area contributed by atoms with Crippen LogP contribution in [0.4, 0.5) is 0 Å². The standard InChI is InChI=1S/C19H23N3O2/c1-2-17(19(20,21)22)18(23)24-11-16-14-9-5-3-7-12(14)13-8-4-6-10-15(13)16/h3-10,16-17H,2,11,20-22H2,1H3. The predicted molar refractivity (Wildman–Crippen MR) is 93.8 cm³/mol. The maximum absolute atomic E-state index is 12.3. The number of hydrogen-bond donors (Lipinski definition) is 3. The van der Waals surface area contributed by atoms with E-state index in [-0.39, 0.29) is 12.5 Å². The van der Waals surface area contributed by atoms with E-state index < -0.39 is 17.7 Å². The Morgan fingerprint density at radius 2 is 1.54 bits per heavy atom. The first-order valence-electron chi connectivity index (χ1n) is 8.15. The molecule has 0 bridgehead atoms. The van der Waals surface area contributed by atoms with Gasteiger partial charge in [0.1, 0.15) is 18.3 Å². The lowest BCUT2D eigenvalue weighted by Gasteiger charge is -2.27. The molecule has 0 spiro atoms. The van der Waals surface area contributed by atoms with E-state index in [4.69, 9.17) is 21.9 Å². The lowest BCUT2D eigenvalue weighted by Crippen LogP contribution is -2.65. The molecule has 0 saturated heterocycles. The molecule has 1 aliphatic rings. The minimum absolute atomic E-state index is 0.0154. The molecule has 0 amide bonds. The summed E-state index contributed by atoms with van der Waals surface area (Å²) >= 11 is 0. The summed E-state index contributed by atoms with van der Waals surface area (Å²) in [6.45, 7) is 2.06. The van der Waals surface area contributed by atoms with Gasteiger partial charge in [-0.1, -0.05) is 55.5 Å². The molecule has 126 valence electrons. The third-order valence-corrected chi connectivity index (χ3v) is 4.65. The van der Waals surface area contributed by atoms with E-state index in [1.165, 1.54) is 22.3 Å². The highest BCUT2D eigenvalue weighted by Crippen LogP contribution is 2.44. The van der Waals surface area contributed by atoms with Gasteiger partial charge in [0.25, 0.3) is 0 Å². The third kappa shape index (κ3) is 2.94. The first-order valence-corrected chi connectivity index (χ1v) is 8.15. The summed E-state index contributed by atoms with van der Waals surface area (Å²) in [6.07, 6.45) is 0.431. The Hall–Kier alpha value is -2.21. The van der Waals surface area contributed by atoms with Gasteiger partial charge in [-0.3, -0.25) is 4.79 Å². The van der Waals surface area contributed by atoms with Gasteiger partial charge in [-0.15, -0.1) is 0 Å². The number of fused-ring (bicyclic) bond motifs is 3. The molecular weight excluding hydrogens is 302 g/mol. The highest BCUT2D eigenvalue weighted by atomic mass is 16.5. The minimum atomic E-state index is -1.57. The molecule has 2 aromatic carbocycles. The van der Waals surface area contributed by atoms with Gasteiger partial charge in [0.2, 0.25) is 0 Å². The van der Waals surface area contributed by atoms with Crippen LogP contribution in [0.2, 0.25) is 0 Å². The van der Waals surface area contributed by atoms with Crippen LogP contribution in [0.3, 0.4) is 0 Å². The molecule has 0 radical (unpaired) electrons. The second-order valence-electron chi connectivity index (χ2n) is 6.32. The Kier molecular flexibility index (Phi) is 4.41. The molecule has 0 aromatic heterocycles. The second-order valence-corrected chi connectivity index (χ2v) is 6.32. The van der Waals surface area contributed by atoms with E-state index in [1.54, 1.807) is 0 Å². The molecule has 3 rings (SSSR count). The summed E-state index contributed by atoms with van der Waals surface area (Å²) in [5.41, 5.74) is 21.8. The van der Waals surface area contributed by atoms with Crippen molar-refractivity contribution in [1.29, 1.82) is 0 Å². The van der Waals surface area contributed by atoms with Crippen LogP contribution in [0, 0.1) is 5.92 Å². The normalized spacial score (nSPS) is 14.8. The Morgan fingerprint density at radius 1 is 1.04 bits per heavy atom. The number of ether oxygens (including phenoxy) is 1. The number of carbonyl (C=O) groups excluding carboxylic acids is 1. The number of carbonyl (C=O) groups is 1. The molecule has 24 heavy (non-hydrogen) atoms. The molecule has 0 aliphatic heterocycles. The maximum atomic E-state index is 12.3. The SMILES string of the molecule is CCC(C(=O)OCC1c2ccccc2-c2ccccc21)C(N)(N)N. The topological polar surface area (TPSA) is 104 Å². The molecule has 0 saturated carbocycles. The zero-order valence-electron chi connectivity index (χ0n) is 13.7. The summed E-state index contributed by atoms with van der Waals surface area (Å²) in [7, 11) is 0. The van der Waals surface area contributed by atoms with Crippen LogP contribution in [-0.4, -0.2) is 18.4 Å². The van der Waals surface area contributed by atoms with Crippen LogP contribution in [0.15, 0.2) is 48.5 Å². The van der Waals surface area contributed by atoms with Crippen molar-refractivity contribution in [2.75, 3.05) is 6.61 Å². The summed E-state index contributed by atoms with van der Waals surface area (Å²) < 4.78 is 5.54. The first kappa shape index (κ1) is 16.6. The maximum Gasteiger partial charge on any atom is 0.313 e. The van der Waals surface area contributed by atoms with E-state index in [0.29, 0.717) is 6.42 Å². The minimum Gasteiger partial charge on any atom is -0.464 e. The number of nitrogens with two attached hydrogens (primary N) is 3. The van der Waals surface area contributed by atoms with Crippen molar-refractivity contribution in [2.24, 2.45) is 23.1 Å². The highest BCUT2D eigenvalue weighted by Gasteiger charge is 2.35. The summed E-state index contributed by atoms with van der Waals surface area (Å²) in [5.74, 6) is -2.74. The number of benzene rings is 2. The first-order chi connectivity index (χ1) is 11.4. The quantitative estimate of drug-likeness (QED) is 0.575. The largest absolute Gasteiger partial charge is 0.464 e. The second kappa shape index (κ2) is 6.36. The van der Waals surface area contributed by atoms with Crippen molar-refractivity contribution in [2.45, 2.75) is 25.0 Å². The Bertz CT molecular complexity index is 707. The van der Waals surface area contributed by atoms with Crippen LogP contribution < -0.4 is 17.2 Å². The average molecular weight is 325 g/mol. The lowest BCUT2D eigenvalue weighted by atomic mass is 9.97. The zero-order chi connectivity index (χ0) is 17.3. The van der Waals surface area contributed by atoms with E-state index in [2.05, 4.69) is 24.3 Å². The monoisotopic (exact) mass is 325 g/mol. The Morgan fingerprint density at radius 3 is 2.00 bits per heavy atom. The Labute approximate surface area is 141 Å². The fraction of sp³-hybridized carbons (Fsp3) is 0.316. The van der Waals surface area contributed by atoms with Gasteiger partial charge in [-0.05, 0) is 28.7 Å². The number of hydrogen-bond acceptors (Lipinski definition) is 5. The van der Waals surface area contributed by atoms with Crippen LogP contribution in [-0.2, 0) is 9.53 Å². The van der Waals surface area contributed by atoms with Crippen molar-refractivity contribution in [3.05, 3.63) is 59.7 Å². The van der Waals surface area contributed by atoms with Crippen LogP contribution in [0.1, 0.15) is 30.4 Å². The molecule has 0 fully saturated rings. The van der Waals surface area contributed by atoms with Gasteiger partial charge in [-0.2, -0.15) is 0 Å². The van der Waals surface area contributed by atoms with Crippen LogP contribution >= 0.6 is 0 Å². The fourth-order valence-corrected chi connectivity index (χ4v) is 3.43. The molecule has 1 aliphatic carbocycles. The van der Waals surface area contributed by atoms with Crippen LogP contribution in [0.5, 0.6) is 0 Å². The smallest absolute Gasteiger partial charge is 0.313 e. The average Bonchev–Trinajstić information content (AvgIpc) is 2.86. The predicted octanol–water partition coefficient (Wildman–Crippen LogP) is 1.90. The zero-order valence-corrected chi connectivity index (χ0v) is 13.7. The lowest BCUT2D eigenvalue weighted by molar-refractivity contribution is -0.151. The summed E-state index contributed by atoms with van der Waals surface area (Å²) in [4.78, 5) is 12.3. The van der Waals surface area contributed by atoms with E-state index in [9.17, 15) is 4.79 Å². The van der Waals surface area contributed by atoms with E-state index >= 15 is 0 Å². The fourth-order valence-electron chi connectivity index (χ4n) is 3.43. The number of esters is 1. The molecule has 1 atom stereocenters. The van der Waals surface area contributed by atoms with Crippen molar-refractivity contribution in [3.63, 3.8) is 0 Å². The van der Waals surface area contributed by atoms with Crippen LogP contribution in [0.25, 0.3) is 11.1 Å². The van der Waals surface area contributed by atoms with Gasteiger partial charge in [0.05, 0.1) is 0 Å². The van der Waals surface area contributed by atoms with E-state index in [1.807, 2.05) is 31.2 Å². The van der Waals surface area contributed by atoms with Crippen molar-refractivity contribution >= 4 is 5.97 Å². The summed E-state index contributed by atoms with van der Waals surface area (Å²) in [5, 5.41) is 0. The van der Waals surface area contributed by atoms with E-state index in [0.717, 1.165) is 0 Å². The van der Waals surface area contributed by atoms with Gasteiger partial charge < -0.3 is 21.9 Å². The van der Waals surface area contributed by atoms with Gasteiger partial charge in [0.15, 0.2) is 0 Å². The molecular formula is C19H23N3O2. The Balaban J connectivity index is 1.82. The molecule has 1 unspecified atom stereocenters. The van der Waals surface area contributed by atoms with Gasteiger partial charge in [-0.25, -0.2) is 0 Å². The molecule has 2 aromatic rings. The molecule has 5 heteroatoms. The molecule has 5 nitrogen and oxygen atoms in total.